The number of nitrogens with one attached hydrogen (secondary N) is 1. The summed E-state index contributed by atoms with van der Waals surface area (Å²) in [6, 6.07) is 3.75. The molecule has 4 rings (SSSR count). The van der Waals surface area contributed by atoms with Crippen LogP contribution in [0.4, 0.5) is 31.0 Å². The molecule has 3 N–H and O–H groups in total. The largest absolute Gasteiger partial charge is 0.434 e. The van der Waals surface area contributed by atoms with E-state index in [1.54, 1.807) is 12.4 Å². The van der Waals surface area contributed by atoms with Crippen LogP contribution in [0.25, 0.3) is 11.4 Å². The number of anilines is 3. The molecule has 32 heavy (non-hydrogen) atoms. The average molecular weight is 447 g/mol. The maximum atomic E-state index is 13.6. The molecule has 10 nitrogen and oxygen atoms in total. The zero-order chi connectivity index (χ0) is 22.6. The molecule has 168 valence electrons. The minimum atomic E-state index is -4.76. The molecule has 0 unspecified atom stereocenters. The van der Waals surface area contributed by atoms with Gasteiger partial charge in [-0.3, -0.25) is 4.98 Å². The Morgan fingerprint density at radius 2 is 1.91 bits per heavy atom. The minimum Gasteiger partial charge on any atom is -0.378 e. The van der Waals surface area contributed by atoms with Gasteiger partial charge in [0.2, 0.25) is 17.8 Å². The van der Waals surface area contributed by atoms with Gasteiger partial charge in [0.15, 0.2) is 11.5 Å². The molecule has 1 aliphatic rings. The standard InChI is InChI=1S/C19H20F3N9O/c20-19(21,22)14-13(11-26-16(23)27-14)15-28-17(25-5-3-12-2-1-4-24-10-12)30-18(29-15)31-6-8-32-9-7-31/h1-2,4,10-11H,3,5-9H2,(H2,23,26,27)(H,25,28,29,30). The van der Waals surface area contributed by atoms with Crippen molar-refractivity contribution >= 4 is 17.8 Å². The fourth-order valence-corrected chi connectivity index (χ4v) is 3.11. The monoisotopic (exact) mass is 447 g/mol. The first kappa shape index (κ1) is 21.6. The molecule has 3 aromatic rings. The topological polar surface area (TPSA) is 128 Å². The first-order valence-electron chi connectivity index (χ1n) is 9.82. The highest BCUT2D eigenvalue weighted by Crippen LogP contribution is 2.35. The van der Waals surface area contributed by atoms with Gasteiger partial charge in [0, 0.05) is 38.2 Å². The zero-order valence-corrected chi connectivity index (χ0v) is 16.9. The van der Waals surface area contributed by atoms with Gasteiger partial charge < -0.3 is 20.7 Å². The quantitative estimate of drug-likeness (QED) is 0.577. The Bertz CT molecular complexity index is 1060. The number of nitrogens with two attached hydrogens (primary N) is 1. The fourth-order valence-electron chi connectivity index (χ4n) is 3.11. The minimum absolute atomic E-state index is 0.144. The molecule has 0 radical (unpaired) electrons. The Balaban J connectivity index is 1.68. The molecule has 0 aromatic carbocycles. The molecule has 1 aliphatic heterocycles. The van der Waals surface area contributed by atoms with Crippen molar-refractivity contribution in [2.45, 2.75) is 12.6 Å². The van der Waals surface area contributed by atoms with Gasteiger partial charge in [0.05, 0.1) is 18.8 Å². The van der Waals surface area contributed by atoms with E-state index in [1.807, 2.05) is 17.0 Å². The normalized spacial score (nSPS) is 14.4. The number of aromatic nitrogens is 6. The number of ether oxygens (including phenoxy) is 1. The van der Waals surface area contributed by atoms with Crippen molar-refractivity contribution in [2.24, 2.45) is 0 Å². The highest BCUT2D eigenvalue weighted by Gasteiger charge is 2.37. The molecule has 1 fully saturated rings. The van der Waals surface area contributed by atoms with E-state index in [-0.39, 0.29) is 23.3 Å². The summed E-state index contributed by atoms with van der Waals surface area (Å²) in [7, 11) is 0. The van der Waals surface area contributed by atoms with Crippen LogP contribution in [-0.4, -0.2) is 62.8 Å². The molecule has 0 bridgehead atoms. The molecule has 0 amide bonds. The molecule has 13 heteroatoms. The third-order valence-corrected chi connectivity index (χ3v) is 4.65. The second kappa shape index (κ2) is 9.26. The number of rotatable bonds is 6. The van der Waals surface area contributed by atoms with E-state index >= 15 is 0 Å². The van der Waals surface area contributed by atoms with E-state index in [0.29, 0.717) is 39.3 Å². The van der Waals surface area contributed by atoms with Crippen LogP contribution < -0.4 is 16.0 Å². The third-order valence-electron chi connectivity index (χ3n) is 4.65. The van der Waals surface area contributed by atoms with Crippen LogP contribution in [0.5, 0.6) is 0 Å². The number of nitrogens with zero attached hydrogens (tertiary/aromatic N) is 7. The van der Waals surface area contributed by atoms with Crippen molar-refractivity contribution in [3.63, 3.8) is 0 Å². The molecular formula is C19H20F3N9O. The van der Waals surface area contributed by atoms with Gasteiger partial charge in [-0.05, 0) is 18.1 Å². The zero-order valence-electron chi connectivity index (χ0n) is 16.9. The number of hydrogen-bond acceptors (Lipinski definition) is 10. The molecule has 0 atom stereocenters. The highest BCUT2D eigenvalue weighted by atomic mass is 19.4. The van der Waals surface area contributed by atoms with Crippen molar-refractivity contribution in [3.8, 4) is 11.4 Å². The van der Waals surface area contributed by atoms with Gasteiger partial charge >= 0.3 is 6.18 Å². The van der Waals surface area contributed by atoms with Gasteiger partial charge in [-0.25, -0.2) is 9.97 Å². The lowest BCUT2D eigenvalue weighted by atomic mass is 10.2. The lowest BCUT2D eigenvalue weighted by Crippen LogP contribution is -2.37. The van der Waals surface area contributed by atoms with Crippen LogP contribution in [0.15, 0.2) is 30.7 Å². The summed E-state index contributed by atoms with van der Waals surface area (Å²) < 4.78 is 46.1. The summed E-state index contributed by atoms with van der Waals surface area (Å²) in [5, 5.41) is 3.06. The van der Waals surface area contributed by atoms with E-state index in [2.05, 4.69) is 35.2 Å². The van der Waals surface area contributed by atoms with Crippen molar-refractivity contribution in [1.82, 2.24) is 29.9 Å². The van der Waals surface area contributed by atoms with Gasteiger partial charge in [-0.15, -0.1) is 0 Å². The maximum Gasteiger partial charge on any atom is 0.434 e. The predicted molar refractivity (Wildman–Crippen MR) is 110 cm³/mol. The molecule has 0 spiro atoms. The lowest BCUT2D eigenvalue weighted by molar-refractivity contribution is -0.140. The summed E-state index contributed by atoms with van der Waals surface area (Å²) in [6.07, 6.45) is 0.257. The molecular weight excluding hydrogens is 427 g/mol. The smallest absolute Gasteiger partial charge is 0.378 e. The first-order valence-corrected chi connectivity index (χ1v) is 9.82. The third kappa shape index (κ3) is 5.17. The highest BCUT2D eigenvalue weighted by molar-refractivity contribution is 5.61. The van der Waals surface area contributed by atoms with Crippen LogP contribution in [0.1, 0.15) is 11.3 Å². The maximum absolute atomic E-state index is 13.6. The summed E-state index contributed by atoms with van der Waals surface area (Å²) in [5.41, 5.74) is 4.80. The van der Waals surface area contributed by atoms with Crippen LogP contribution in [0.3, 0.4) is 0 Å². The molecule has 0 aliphatic carbocycles. The van der Waals surface area contributed by atoms with Gasteiger partial charge in [0.25, 0.3) is 0 Å². The number of halogens is 3. The summed E-state index contributed by atoms with van der Waals surface area (Å²) in [5.74, 6) is -0.298. The van der Waals surface area contributed by atoms with E-state index < -0.39 is 17.8 Å². The van der Waals surface area contributed by atoms with Crippen molar-refractivity contribution in [2.75, 3.05) is 48.8 Å². The molecule has 3 aromatic heterocycles. The van der Waals surface area contributed by atoms with Gasteiger partial charge in [0.1, 0.15) is 0 Å². The van der Waals surface area contributed by atoms with Crippen molar-refractivity contribution in [3.05, 3.63) is 42.0 Å². The number of alkyl halides is 3. The van der Waals surface area contributed by atoms with Crippen molar-refractivity contribution in [1.29, 1.82) is 0 Å². The van der Waals surface area contributed by atoms with Gasteiger partial charge in [-0.1, -0.05) is 6.07 Å². The number of hydrogen-bond donors (Lipinski definition) is 2. The Hall–Kier alpha value is -3.61. The number of pyridine rings is 1. The Morgan fingerprint density at radius 3 is 2.62 bits per heavy atom. The summed E-state index contributed by atoms with van der Waals surface area (Å²) in [6.45, 7) is 2.38. The van der Waals surface area contributed by atoms with Crippen LogP contribution >= 0.6 is 0 Å². The summed E-state index contributed by atoms with van der Waals surface area (Å²) >= 11 is 0. The van der Waals surface area contributed by atoms with E-state index in [1.165, 1.54) is 0 Å². The number of morpholine rings is 1. The van der Waals surface area contributed by atoms with E-state index in [0.717, 1.165) is 11.8 Å². The van der Waals surface area contributed by atoms with E-state index in [4.69, 9.17) is 10.5 Å². The van der Waals surface area contributed by atoms with Gasteiger partial charge in [-0.2, -0.15) is 28.1 Å². The Kier molecular flexibility index (Phi) is 6.25. The SMILES string of the molecule is Nc1ncc(-c2nc(NCCc3cccnc3)nc(N3CCOCC3)n2)c(C(F)(F)F)n1. The number of nitrogen functional groups attached to an aromatic ring is 1. The molecule has 1 saturated heterocycles. The Morgan fingerprint density at radius 1 is 1.09 bits per heavy atom. The van der Waals surface area contributed by atoms with Crippen LogP contribution in [0.2, 0.25) is 0 Å². The summed E-state index contributed by atoms with van der Waals surface area (Å²) in [4.78, 5) is 25.8. The predicted octanol–water partition coefficient (Wildman–Crippen LogP) is 1.82. The van der Waals surface area contributed by atoms with Crippen LogP contribution in [-0.2, 0) is 17.3 Å². The van der Waals surface area contributed by atoms with Crippen LogP contribution in [0, 0.1) is 0 Å². The second-order valence-corrected chi connectivity index (χ2v) is 6.91. The van der Waals surface area contributed by atoms with Crippen molar-refractivity contribution < 1.29 is 17.9 Å². The Labute approximate surface area is 181 Å². The first-order chi connectivity index (χ1) is 15.4. The second-order valence-electron chi connectivity index (χ2n) is 6.91. The molecule has 4 heterocycles. The fraction of sp³-hybridized carbons (Fsp3) is 0.368. The average Bonchev–Trinajstić information content (AvgIpc) is 2.79. The lowest BCUT2D eigenvalue weighted by Gasteiger charge is -2.27. The molecule has 0 saturated carbocycles. The van der Waals surface area contributed by atoms with E-state index in [9.17, 15) is 13.2 Å².